The van der Waals surface area contributed by atoms with Crippen LogP contribution in [0.2, 0.25) is 0 Å². The van der Waals surface area contributed by atoms with Crippen molar-refractivity contribution >= 4 is 60.3 Å². The van der Waals surface area contributed by atoms with Crippen molar-refractivity contribution in [3.05, 3.63) is 151 Å². The van der Waals surface area contributed by atoms with E-state index in [0.29, 0.717) is 0 Å². The van der Waals surface area contributed by atoms with Crippen LogP contribution in [0.25, 0.3) is 82.6 Å². The maximum atomic E-state index is 6.35. The van der Waals surface area contributed by atoms with E-state index in [1.807, 2.05) is 6.08 Å². The van der Waals surface area contributed by atoms with Gasteiger partial charge in [0.05, 0.1) is 0 Å². The number of hydrogen-bond donors (Lipinski definition) is 0. The Labute approximate surface area is 244 Å². The summed E-state index contributed by atoms with van der Waals surface area (Å²) in [5, 5.41) is 9.81. The molecule has 0 atom stereocenters. The number of hydrogen-bond acceptors (Lipinski definition) is 1. The maximum Gasteiger partial charge on any atom is 0.136 e. The first-order chi connectivity index (χ1) is 20.7. The lowest BCUT2D eigenvalue weighted by atomic mass is 9.84. The SMILES string of the molecule is C=C/C=C\c1cc2oc3ccc(-c4c5ccccc5c(-c5cccc6ccccc56)c5ccccc45)cc3c2cc1C. The molecule has 0 unspecified atom stereocenters. The first kappa shape index (κ1) is 24.4. The molecular formula is C41H28O. The van der Waals surface area contributed by atoms with Gasteiger partial charge in [0.1, 0.15) is 11.2 Å². The van der Waals surface area contributed by atoms with E-state index in [1.54, 1.807) is 6.08 Å². The van der Waals surface area contributed by atoms with Gasteiger partial charge in [0.25, 0.3) is 0 Å². The van der Waals surface area contributed by atoms with Crippen LogP contribution in [0.4, 0.5) is 0 Å². The molecule has 0 fully saturated rings. The van der Waals surface area contributed by atoms with Gasteiger partial charge in [-0.05, 0) is 96.9 Å². The minimum atomic E-state index is 0.900. The fourth-order valence-electron chi connectivity index (χ4n) is 6.63. The molecule has 1 aromatic heterocycles. The Morgan fingerprint density at radius 2 is 1.17 bits per heavy atom. The van der Waals surface area contributed by atoms with E-state index >= 15 is 0 Å². The molecule has 0 aliphatic rings. The standard InChI is InChI=1S/C41H28O/c1-3-4-12-28-25-39-36(23-26(28)2)37-24-29(21-22-38(37)42-39)40-32-16-7-9-18-34(32)41(35-19-10-8-17-33(35)40)31-20-11-14-27-13-5-6-15-30(27)31/h3-25H,1H2,2H3/b12-4-. The summed E-state index contributed by atoms with van der Waals surface area (Å²) in [6.45, 7) is 5.96. The van der Waals surface area contributed by atoms with Crippen LogP contribution >= 0.6 is 0 Å². The Bertz CT molecular complexity index is 2320. The molecule has 0 N–H and O–H groups in total. The topological polar surface area (TPSA) is 13.1 Å². The van der Waals surface area contributed by atoms with Crippen molar-refractivity contribution in [2.45, 2.75) is 6.92 Å². The second-order valence-electron chi connectivity index (χ2n) is 11.0. The van der Waals surface area contributed by atoms with Gasteiger partial charge in [-0.2, -0.15) is 0 Å². The summed E-state index contributed by atoms with van der Waals surface area (Å²) in [6.07, 6.45) is 5.85. The van der Waals surface area contributed by atoms with E-state index in [9.17, 15) is 0 Å². The van der Waals surface area contributed by atoms with Crippen LogP contribution in [-0.2, 0) is 0 Å². The molecule has 1 heteroatoms. The average molecular weight is 537 g/mol. The van der Waals surface area contributed by atoms with E-state index in [1.165, 1.54) is 60.1 Å². The second-order valence-corrected chi connectivity index (χ2v) is 11.0. The number of aryl methyl sites for hydroxylation is 1. The quantitative estimate of drug-likeness (QED) is 0.161. The van der Waals surface area contributed by atoms with Gasteiger partial charge in [-0.15, -0.1) is 0 Å². The molecule has 0 saturated carbocycles. The molecule has 0 amide bonds. The Hall–Kier alpha value is -5.40. The summed E-state index contributed by atoms with van der Waals surface area (Å²) in [5.41, 5.74) is 9.15. The normalized spacial score (nSPS) is 11.9. The fourth-order valence-corrected chi connectivity index (χ4v) is 6.63. The first-order valence-electron chi connectivity index (χ1n) is 14.4. The molecule has 0 aliphatic carbocycles. The van der Waals surface area contributed by atoms with Crippen LogP contribution in [0.1, 0.15) is 11.1 Å². The van der Waals surface area contributed by atoms with Gasteiger partial charge in [0.2, 0.25) is 0 Å². The van der Waals surface area contributed by atoms with Crippen LogP contribution in [0.5, 0.6) is 0 Å². The van der Waals surface area contributed by atoms with Gasteiger partial charge in [0.15, 0.2) is 0 Å². The Balaban J connectivity index is 1.44. The number of benzene rings is 7. The van der Waals surface area contributed by atoms with Gasteiger partial charge in [-0.25, -0.2) is 0 Å². The molecule has 1 heterocycles. The number of furan rings is 1. The average Bonchev–Trinajstić information content (AvgIpc) is 3.38. The van der Waals surface area contributed by atoms with Crippen molar-refractivity contribution in [1.82, 2.24) is 0 Å². The maximum absolute atomic E-state index is 6.35. The fraction of sp³-hybridized carbons (Fsp3) is 0.0244. The predicted molar refractivity (Wildman–Crippen MR) is 181 cm³/mol. The largest absolute Gasteiger partial charge is 0.456 e. The Kier molecular flexibility index (Phi) is 5.58. The molecule has 0 bridgehead atoms. The van der Waals surface area contributed by atoms with Crippen molar-refractivity contribution in [2.24, 2.45) is 0 Å². The second kappa shape index (κ2) is 9.61. The van der Waals surface area contributed by atoms with Crippen LogP contribution < -0.4 is 0 Å². The first-order valence-corrected chi connectivity index (χ1v) is 14.4. The molecule has 1 nitrogen and oxygen atoms in total. The van der Waals surface area contributed by atoms with Crippen LogP contribution in [-0.4, -0.2) is 0 Å². The van der Waals surface area contributed by atoms with Crippen molar-refractivity contribution in [3.63, 3.8) is 0 Å². The number of allylic oxidation sites excluding steroid dienone is 2. The zero-order valence-corrected chi connectivity index (χ0v) is 23.4. The molecule has 198 valence electrons. The van der Waals surface area contributed by atoms with Crippen molar-refractivity contribution in [3.8, 4) is 22.3 Å². The van der Waals surface area contributed by atoms with Gasteiger partial charge in [0, 0.05) is 10.8 Å². The van der Waals surface area contributed by atoms with E-state index < -0.39 is 0 Å². The summed E-state index contributed by atoms with van der Waals surface area (Å²) < 4.78 is 6.35. The van der Waals surface area contributed by atoms with E-state index in [2.05, 4.69) is 141 Å². The van der Waals surface area contributed by atoms with Gasteiger partial charge >= 0.3 is 0 Å². The molecule has 8 aromatic rings. The van der Waals surface area contributed by atoms with E-state index in [-0.39, 0.29) is 0 Å². The zero-order valence-electron chi connectivity index (χ0n) is 23.4. The lowest BCUT2D eigenvalue weighted by molar-refractivity contribution is 0.669. The lowest BCUT2D eigenvalue weighted by Crippen LogP contribution is -1.91. The Morgan fingerprint density at radius 1 is 0.548 bits per heavy atom. The highest BCUT2D eigenvalue weighted by Crippen LogP contribution is 2.46. The third kappa shape index (κ3) is 3.71. The van der Waals surface area contributed by atoms with Crippen molar-refractivity contribution < 1.29 is 4.42 Å². The Morgan fingerprint density at radius 3 is 1.88 bits per heavy atom. The van der Waals surface area contributed by atoms with E-state index in [0.717, 1.165) is 27.5 Å². The molecule has 0 saturated heterocycles. The van der Waals surface area contributed by atoms with Gasteiger partial charge in [-0.1, -0.05) is 122 Å². The van der Waals surface area contributed by atoms with Crippen molar-refractivity contribution in [2.75, 3.05) is 0 Å². The highest BCUT2D eigenvalue weighted by atomic mass is 16.3. The van der Waals surface area contributed by atoms with E-state index in [4.69, 9.17) is 4.42 Å². The number of fused-ring (bicyclic) bond motifs is 6. The van der Waals surface area contributed by atoms with Gasteiger partial charge < -0.3 is 4.42 Å². The summed E-state index contributed by atoms with van der Waals surface area (Å²) in [5.74, 6) is 0. The number of rotatable bonds is 4. The molecule has 8 rings (SSSR count). The minimum absolute atomic E-state index is 0.900. The van der Waals surface area contributed by atoms with Crippen LogP contribution in [0.3, 0.4) is 0 Å². The molecule has 7 aromatic carbocycles. The van der Waals surface area contributed by atoms with Gasteiger partial charge in [-0.3, -0.25) is 0 Å². The van der Waals surface area contributed by atoms with Crippen molar-refractivity contribution in [1.29, 1.82) is 0 Å². The van der Waals surface area contributed by atoms with Crippen LogP contribution in [0.15, 0.2) is 144 Å². The zero-order chi connectivity index (χ0) is 28.2. The molecule has 0 spiro atoms. The monoisotopic (exact) mass is 536 g/mol. The molecule has 0 radical (unpaired) electrons. The summed E-state index contributed by atoms with van der Waals surface area (Å²) >= 11 is 0. The van der Waals surface area contributed by atoms with Crippen LogP contribution in [0, 0.1) is 6.92 Å². The smallest absolute Gasteiger partial charge is 0.136 e. The molecule has 42 heavy (non-hydrogen) atoms. The lowest BCUT2D eigenvalue weighted by Gasteiger charge is -2.18. The third-order valence-electron chi connectivity index (χ3n) is 8.55. The molecular weight excluding hydrogens is 508 g/mol. The highest BCUT2D eigenvalue weighted by molar-refractivity contribution is 6.24. The molecule has 0 aliphatic heterocycles. The summed E-state index contributed by atoms with van der Waals surface area (Å²) in [6, 6.07) is 44.0. The third-order valence-corrected chi connectivity index (χ3v) is 8.55. The highest BCUT2D eigenvalue weighted by Gasteiger charge is 2.19. The predicted octanol–water partition coefficient (Wildman–Crippen LogP) is 11.9. The minimum Gasteiger partial charge on any atom is -0.456 e. The summed E-state index contributed by atoms with van der Waals surface area (Å²) in [4.78, 5) is 0. The summed E-state index contributed by atoms with van der Waals surface area (Å²) in [7, 11) is 0.